The van der Waals surface area contributed by atoms with Crippen LogP contribution in [0.5, 0.6) is 5.88 Å². The highest BCUT2D eigenvalue weighted by atomic mass is 32.1. The average Bonchev–Trinajstić information content (AvgIpc) is 2.54. The predicted octanol–water partition coefficient (Wildman–Crippen LogP) is 2.33. The number of hydrogen-bond donors (Lipinski definition) is 2. The first-order valence-corrected chi connectivity index (χ1v) is 7.93. The summed E-state index contributed by atoms with van der Waals surface area (Å²) in [5.74, 6) is -0.0491. The first-order chi connectivity index (χ1) is 11.8. The Morgan fingerprint density at radius 1 is 1.36 bits per heavy atom. The van der Waals surface area contributed by atoms with E-state index in [4.69, 9.17) is 17.0 Å². The van der Waals surface area contributed by atoms with E-state index in [0.717, 1.165) is 5.69 Å². The van der Waals surface area contributed by atoms with Gasteiger partial charge in [-0.15, -0.1) is 0 Å². The Morgan fingerprint density at radius 2 is 2.16 bits per heavy atom. The molecule has 10 heteroatoms. The van der Waals surface area contributed by atoms with Crippen molar-refractivity contribution in [3.8, 4) is 5.88 Å². The largest absolute Gasteiger partial charge is 0.468 e. The molecule has 0 aliphatic carbocycles. The monoisotopic (exact) mass is 372 g/mol. The fraction of sp³-hybridized carbons (Fsp3) is 0.400. The van der Waals surface area contributed by atoms with Crippen molar-refractivity contribution in [1.82, 2.24) is 19.9 Å². The van der Waals surface area contributed by atoms with E-state index in [1.807, 2.05) is 4.90 Å². The third kappa shape index (κ3) is 4.45. The molecule has 0 saturated heterocycles. The lowest BCUT2D eigenvalue weighted by molar-refractivity contribution is -0.154. The molecule has 2 aromatic heterocycles. The summed E-state index contributed by atoms with van der Waals surface area (Å²) < 4.78 is 42.2. The molecule has 0 amide bonds. The van der Waals surface area contributed by atoms with E-state index in [0.29, 0.717) is 37.2 Å². The Kier molecular flexibility index (Phi) is 4.91. The standard InChI is InChI=1S/C15H15F3N4O2S/c16-15(17,18)8-24-13-9(2-1-4-19-13)6-22-5-3-11-10(7-22)12(23)21-14(25)20-11/h1-2,4H,3,5-8H2,(H2,20,21,23,25). The molecule has 1 aliphatic rings. The average molecular weight is 372 g/mol. The van der Waals surface area contributed by atoms with Crippen LogP contribution in [0.2, 0.25) is 0 Å². The molecule has 0 atom stereocenters. The number of aromatic nitrogens is 3. The van der Waals surface area contributed by atoms with Gasteiger partial charge in [-0.3, -0.25) is 14.7 Å². The first-order valence-electron chi connectivity index (χ1n) is 7.52. The number of aromatic amines is 2. The molecule has 0 bridgehead atoms. The number of rotatable bonds is 4. The van der Waals surface area contributed by atoms with Gasteiger partial charge in [0.2, 0.25) is 5.88 Å². The Labute approximate surface area is 145 Å². The smallest absolute Gasteiger partial charge is 0.422 e. The van der Waals surface area contributed by atoms with Gasteiger partial charge in [0.05, 0.1) is 5.56 Å². The zero-order valence-electron chi connectivity index (χ0n) is 13.0. The molecule has 6 nitrogen and oxygen atoms in total. The molecule has 1 aliphatic heterocycles. The number of ether oxygens (including phenoxy) is 1. The topological polar surface area (TPSA) is 74.0 Å². The maximum Gasteiger partial charge on any atom is 0.422 e. The van der Waals surface area contributed by atoms with Gasteiger partial charge < -0.3 is 9.72 Å². The van der Waals surface area contributed by atoms with Crippen LogP contribution in [0.4, 0.5) is 13.2 Å². The normalized spacial score (nSPS) is 15.0. The number of nitrogens with one attached hydrogen (secondary N) is 2. The highest BCUT2D eigenvalue weighted by Gasteiger charge is 2.29. The fourth-order valence-electron chi connectivity index (χ4n) is 2.71. The molecule has 25 heavy (non-hydrogen) atoms. The number of nitrogens with zero attached hydrogens (tertiary/aromatic N) is 2. The highest BCUT2D eigenvalue weighted by molar-refractivity contribution is 7.71. The number of hydrogen-bond acceptors (Lipinski definition) is 5. The second-order valence-electron chi connectivity index (χ2n) is 5.70. The Hall–Kier alpha value is -2.20. The molecule has 3 rings (SSSR count). The number of fused-ring (bicyclic) bond motifs is 1. The van der Waals surface area contributed by atoms with Gasteiger partial charge >= 0.3 is 6.18 Å². The van der Waals surface area contributed by atoms with Crippen LogP contribution in [0, 0.1) is 4.77 Å². The van der Waals surface area contributed by atoms with Crippen molar-refractivity contribution in [3.05, 3.63) is 50.3 Å². The summed E-state index contributed by atoms with van der Waals surface area (Å²) in [6.07, 6.45) is -2.45. The summed E-state index contributed by atoms with van der Waals surface area (Å²) in [4.78, 5) is 23.4. The number of H-pyrrole nitrogens is 2. The Bertz CT molecular complexity index is 878. The minimum absolute atomic E-state index is 0.0491. The summed E-state index contributed by atoms with van der Waals surface area (Å²) in [5, 5.41) is 0. The third-order valence-corrected chi connectivity index (χ3v) is 4.01. The predicted molar refractivity (Wildman–Crippen MR) is 85.9 cm³/mol. The van der Waals surface area contributed by atoms with E-state index in [9.17, 15) is 18.0 Å². The van der Waals surface area contributed by atoms with Gasteiger partial charge in [-0.1, -0.05) is 6.07 Å². The van der Waals surface area contributed by atoms with Crippen molar-refractivity contribution in [1.29, 1.82) is 0 Å². The lowest BCUT2D eigenvalue weighted by Gasteiger charge is -2.28. The molecule has 0 saturated carbocycles. The van der Waals surface area contributed by atoms with E-state index in [-0.39, 0.29) is 16.2 Å². The van der Waals surface area contributed by atoms with Crippen LogP contribution < -0.4 is 10.3 Å². The second kappa shape index (κ2) is 6.96. The number of pyridine rings is 1. The van der Waals surface area contributed by atoms with Crippen molar-refractivity contribution in [2.24, 2.45) is 0 Å². The van der Waals surface area contributed by atoms with Crippen molar-refractivity contribution in [2.45, 2.75) is 25.7 Å². The van der Waals surface area contributed by atoms with Crippen LogP contribution in [0.25, 0.3) is 0 Å². The molecule has 3 heterocycles. The zero-order chi connectivity index (χ0) is 18.0. The summed E-state index contributed by atoms with van der Waals surface area (Å²) in [5.41, 5.74) is 1.67. The molecule has 0 fully saturated rings. The number of halogens is 3. The van der Waals surface area contributed by atoms with E-state index in [2.05, 4.69) is 15.0 Å². The maximum absolute atomic E-state index is 12.4. The fourth-order valence-corrected chi connectivity index (χ4v) is 2.93. The second-order valence-corrected chi connectivity index (χ2v) is 6.11. The molecule has 0 radical (unpaired) electrons. The van der Waals surface area contributed by atoms with Crippen LogP contribution in [0.1, 0.15) is 16.8 Å². The van der Waals surface area contributed by atoms with Crippen molar-refractivity contribution in [2.75, 3.05) is 13.2 Å². The number of alkyl halides is 3. The van der Waals surface area contributed by atoms with Gasteiger partial charge in [-0.2, -0.15) is 13.2 Å². The van der Waals surface area contributed by atoms with Crippen molar-refractivity contribution in [3.63, 3.8) is 0 Å². The van der Waals surface area contributed by atoms with E-state index < -0.39 is 12.8 Å². The molecular formula is C15H15F3N4O2S. The minimum atomic E-state index is -4.43. The van der Waals surface area contributed by atoms with Crippen LogP contribution in [-0.2, 0) is 19.5 Å². The SMILES string of the molecule is O=c1[nH]c(=S)[nH]c2c1CN(Cc1cccnc1OCC(F)(F)F)CC2. The quantitative estimate of drug-likeness (QED) is 0.806. The van der Waals surface area contributed by atoms with Gasteiger partial charge in [-0.05, 0) is 18.3 Å². The van der Waals surface area contributed by atoms with E-state index in [1.54, 1.807) is 12.1 Å². The van der Waals surface area contributed by atoms with Crippen LogP contribution in [0.15, 0.2) is 23.1 Å². The van der Waals surface area contributed by atoms with Gasteiger partial charge in [0, 0.05) is 43.5 Å². The van der Waals surface area contributed by atoms with E-state index >= 15 is 0 Å². The van der Waals surface area contributed by atoms with Crippen LogP contribution in [-0.4, -0.2) is 39.2 Å². The first kappa shape index (κ1) is 17.6. The van der Waals surface area contributed by atoms with Gasteiger partial charge in [0.15, 0.2) is 11.4 Å². The Balaban J connectivity index is 1.75. The third-order valence-electron chi connectivity index (χ3n) is 3.81. The molecule has 2 N–H and O–H groups in total. The lowest BCUT2D eigenvalue weighted by Crippen LogP contribution is -2.35. The molecular weight excluding hydrogens is 357 g/mol. The van der Waals surface area contributed by atoms with E-state index in [1.165, 1.54) is 6.20 Å². The van der Waals surface area contributed by atoms with Gasteiger partial charge in [0.25, 0.3) is 5.56 Å². The molecule has 0 unspecified atom stereocenters. The lowest BCUT2D eigenvalue weighted by atomic mass is 10.1. The Morgan fingerprint density at radius 3 is 2.92 bits per heavy atom. The zero-order valence-corrected chi connectivity index (χ0v) is 13.8. The maximum atomic E-state index is 12.4. The summed E-state index contributed by atoms with van der Waals surface area (Å²) in [6.45, 7) is -0.0641. The van der Waals surface area contributed by atoms with Gasteiger partial charge in [0.1, 0.15) is 0 Å². The summed E-state index contributed by atoms with van der Waals surface area (Å²) >= 11 is 4.95. The van der Waals surface area contributed by atoms with Crippen molar-refractivity contribution < 1.29 is 17.9 Å². The van der Waals surface area contributed by atoms with Crippen LogP contribution >= 0.6 is 12.2 Å². The minimum Gasteiger partial charge on any atom is -0.468 e. The van der Waals surface area contributed by atoms with Gasteiger partial charge in [-0.25, -0.2) is 4.98 Å². The molecule has 0 spiro atoms. The summed E-state index contributed by atoms with van der Waals surface area (Å²) in [6, 6.07) is 3.30. The summed E-state index contributed by atoms with van der Waals surface area (Å²) in [7, 11) is 0. The molecule has 2 aromatic rings. The van der Waals surface area contributed by atoms with Crippen molar-refractivity contribution >= 4 is 12.2 Å². The highest BCUT2D eigenvalue weighted by Crippen LogP contribution is 2.23. The van der Waals surface area contributed by atoms with Crippen LogP contribution in [0.3, 0.4) is 0 Å². The molecule has 0 aromatic carbocycles. The molecule has 134 valence electrons.